The van der Waals surface area contributed by atoms with Crippen molar-refractivity contribution in [2.75, 3.05) is 0 Å². The van der Waals surface area contributed by atoms with E-state index in [1.54, 1.807) is 0 Å². The Morgan fingerprint density at radius 1 is 1.36 bits per heavy atom. The average molecular weight is 234 g/mol. The first kappa shape index (κ1) is 10.8. The summed E-state index contributed by atoms with van der Waals surface area (Å²) >= 11 is 0. The topological polar surface area (TPSA) is 0 Å². The molecule has 0 N–H and O–H groups in total. The van der Waals surface area contributed by atoms with Crippen molar-refractivity contribution in [2.24, 2.45) is 0 Å². The summed E-state index contributed by atoms with van der Waals surface area (Å²) in [6.45, 7) is 6.48. The van der Waals surface area contributed by atoms with Crippen molar-refractivity contribution in [3.63, 3.8) is 0 Å². The van der Waals surface area contributed by atoms with Gasteiger partial charge in [0.1, 0.15) is 0 Å². The van der Waals surface area contributed by atoms with E-state index in [-0.39, 0.29) is 19.5 Å². The van der Waals surface area contributed by atoms with Crippen molar-refractivity contribution >= 4 is 0 Å². The molecule has 1 aromatic rings. The molecule has 0 amide bonds. The van der Waals surface area contributed by atoms with Crippen LogP contribution in [0.4, 0.5) is 0 Å². The summed E-state index contributed by atoms with van der Waals surface area (Å²) in [5, 5.41) is 0. The number of benzene rings is 1. The third-order valence-corrected chi connectivity index (χ3v) is 1.64. The smallest absolute Gasteiger partial charge is 0.181 e. The van der Waals surface area contributed by atoms with Gasteiger partial charge in [-0.25, -0.2) is 0 Å². The van der Waals surface area contributed by atoms with Crippen LogP contribution < -0.4 is 0 Å². The van der Waals surface area contributed by atoms with Gasteiger partial charge < -0.3 is 0 Å². The molecule has 0 aromatic heterocycles. The van der Waals surface area contributed by atoms with E-state index in [1.807, 2.05) is 6.07 Å². The van der Waals surface area contributed by atoms with E-state index in [0.717, 1.165) is 0 Å². The summed E-state index contributed by atoms with van der Waals surface area (Å²) in [4.78, 5) is 0. The van der Waals surface area contributed by atoms with Crippen LogP contribution in [0.3, 0.4) is 0 Å². The van der Waals surface area contributed by atoms with E-state index >= 15 is 0 Å². The van der Waals surface area contributed by atoms with Crippen LogP contribution in [0.15, 0.2) is 18.2 Å². The Bertz CT molecular complexity index is 216. The van der Waals surface area contributed by atoms with Crippen molar-refractivity contribution in [3.05, 3.63) is 35.4 Å². The third-order valence-electron chi connectivity index (χ3n) is 1.64. The maximum atomic E-state index is 3.13. The van der Waals surface area contributed by atoms with E-state index in [0.29, 0.717) is 5.92 Å². The van der Waals surface area contributed by atoms with E-state index < -0.39 is 0 Å². The Balaban J connectivity index is 0.000001000. The monoisotopic (exact) mass is 235 g/mol. The molecular weight excluding hydrogens is 221 g/mol. The van der Waals surface area contributed by atoms with Crippen LogP contribution in [0.25, 0.3) is 0 Å². The van der Waals surface area contributed by atoms with Crippen molar-refractivity contribution in [3.8, 4) is 0 Å². The summed E-state index contributed by atoms with van der Waals surface area (Å²) < 4.78 is 0. The molecule has 0 bridgehead atoms. The quantitative estimate of drug-likeness (QED) is 0.517. The molecule has 0 spiro atoms. The summed E-state index contributed by atoms with van der Waals surface area (Å²) in [5.74, 6) is 0.633. The fourth-order valence-electron chi connectivity index (χ4n) is 0.968. The predicted octanol–water partition coefficient (Wildman–Crippen LogP) is 2.92. The maximum Gasteiger partial charge on any atom is 1.00 e. The normalized spacial score (nSPS) is 9.45. The molecule has 0 saturated heterocycles. The van der Waals surface area contributed by atoms with Gasteiger partial charge in [0.15, 0.2) is 0 Å². The van der Waals surface area contributed by atoms with Crippen molar-refractivity contribution in [1.82, 2.24) is 0 Å². The van der Waals surface area contributed by atoms with Gasteiger partial charge in [0, 0.05) is 0 Å². The minimum absolute atomic E-state index is 0. The summed E-state index contributed by atoms with van der Waals surface area (Å²) in [6.07, 6.45) is 0. The summed E-state index contributed by atoms with van der Waals surface area (Å²) in [7, 11) is 0. The van der Waals surface area contributed by atoms with Gasteiger partial charge in [-0.15, -0.1) is 0 Å². The molecule has 1 aromatic carbocycles. The zero-order chi connectivity index (χ0) is 7.56. The number of hydrogen-bond acceptors (Lipinski definition) is 0. The SMILES string of the molecule is Cc1[c-]ccc(C(C)C)c1.[Ru+]. The Morgan fingerprint density at radius 3 is 2.36 bits per heavy atom. The van der Waals surface area contributed by atoms with Crippen LogP contribution in [-0.2, 0) is 19.5 Å². The van der Waals surface area contributed by atoms with Gasteiger partial charge in [0.2, 0.25) is 0 Å². The summed E-state index contributed by atoms with van der Waals surface area (Å²) in [6, 6.07) is 9.43. The first-order valence-corrected chi connectivity index (χ1v) is 3.68. The second-order valence-electron chi connectivity index (χ2n) is 2.96. The molecule has 0 saturated carbocycles. The molecule has 0 atom stereocenters. The fourth-order valence-corrected chi connectivity index (χ4v) is 0.968. The molecule has 0 aliphatic carbocycles. The molecule has 11 heavy (non-hydrogen) atoms. The van der Waals surface area contributed by atoms with Crippen molar-refractivity contribution in [1.29, 1.82) is 0 Å². The molecule has 0 aliphatic rings. The van der Waals surface area contributed by atoms with Crippen LogP contribution in [0.5, 0.6) is 0 Å². The van der Waals surface area contributed by atoms with Crippen LogP contribution in [0.1, 0.15) is 30.9 Å². The largest absolute Gasteiger partial charge is 1.00 e. The van der Waals surface area contributed by atoms with Gasteiger partial charge in [-0.05, 0) is 5.92 Å². The molecule has 1 rings (SSSR count). The predicted molar refractivity (Wildman–Crippen MR) is 44.1 cm³/mol. The van der Waals surface area contributed by atoms with E-state index in [2.05, 4.69) is 39.0 Å². The second kappa shape index (κ2) is 4.67. The van der Waals surface area contributed by atoms with Crippen molar-refractivity contribution in [2.45, 2.75) is 26.7 Å². The van der Waals surface area contributed by atoms with E-state index in [9.17, 15) is 0 Å². The van der Waals surface area contributed by atoms with Crippen LogP contribution in [0, 0.1) is 13.0 Å². The molecule has 0 aliphatic heterocycles. The fraction of sp³-hybridized carbons (Fsp3) is 0.400. The van der Waals surface area contributed by atoms with Crippen molar-refractivity contribution < 1.29 is 19.5 Å². The summed E-state index contributed by atoms with van der Waals surface area (Å²) in [5.41, 5.74) is 2.63. The van der Waals surface area contributed by atoms with Gasteiger partial charge in [-0.1, -0.05) is 20.8 Å². The maximum absolute atomic E-state index is 3.13. The first-order valence-electron chi connectivity index (χ1n) is 3.68. The minimum Gasteiger partial charge on any atom is -0.181 e. The Kier molecular flexibility index (Phi) is 4.60. The van der Waals surface area contributed by atoms with Crippen LogP contribution in [0.2, 0.25) is 0 Å². The van der Waals surface area contributed by atoms with E-state index in [1.165, 1.54) is 11.1 Å². The number of rotatable bonds is 1. The molecule has 0 fully saturated rings. The van der Waals surface area contributed by atoms with Gasteiger partial charge in [0.05, 0.1) is 0 Å². The Hall–Kier alpha value is -0.157. The molecule has 0 nitrogen and oxygen atoms in total. The zero-order valence-electron chi connectivity index (χ0n) is 7.16. The number of aryl methyl sites for hydroxylation is 1. The second-order valence-corrected chi connectivity index (χ2v) is 2.96. The first-order chi connectivity index (χ1) is 4.70. The van der Waals surface area contributed by atoms with Crippen LogP contribution >= 0.6 is 0 Å². The molecule has 0 heterocycles. The van der Waals surface area contributed by atoms with Gasteiger partial charge >= 0.3 is 19.5 Å². The molecular formula is C10H13Ru. The molecule has 1 heteroatoms. The zero-order valence-corrected chi connectivity index (χ0v) is 8.90. The van der Waals surface area contributed by atoms with Gasteiger partial charge in [-0.3, -0.25) is 0 Å². The van der Waals surface area contributed by atoms with Gasteiger partial charge in [-0.2, -0.15) is 35.4 Å². The molecule has 61 valence electrons. The van der Waals surface area contributed by atoms with Crippen LogP contribution in [-0.4, -0.2) is 0 Å². The Morgan fingerprint density at radius 2 is 2.00 bits per heavy atom. The Labute approximate surface area is 81.8 Å². The van der Waals surface area contributed by atoms with E-state index in [4.69, 9.17) is 0 Å². The standard InChI is InChI=1S/C10H13.Ru/c1-8(2)10-6-4-5-9(3)7-10;/h4,6-8H,1-3H3;/q-1;+1. The minimum atomic E-state index is 0. The van der Waals surface area contributed by atoms with Gasteiger partial charge in [0.25, 0.3) is 0 Å². The average Bonchev–Trinajstić information content (AvgIpc) is 1.88. The third kappa shape index (κ3) is 3.16. The molecule has 0 unspecified atom stereocenters. The molecule has 1 radical (unpaired) electrons. The number of hydrogen-bond donors (Lipinski definition) is 0.